The van der Waals surface area contributed by atoms with Gasteiger partial charge in [-0.25, -0.2) is 52.7 Å². The number of ether oxygens (including phenoxy) is 20. The molecule has 774 valence electrons. The van der Waals surface area contributed by atoms with Crippen molar-refractivity contribution in [2.45, 2.75) is 228 Å². The lowest BCUT2D eigenvalue weighted by Gasteiger charge is -2.27. The normalized spacial score (nSPS) is 10.7. The van der Waals surface area contributed by atoms with Crippen molar-refractivity contribution in [1.82, 2.24) is 0 Å². The molecule has 0 rings (SSSR count). The van der Waals surface area contributed by atoms with Crippen LogP contribution in [0.25, 0.3) is 0 Å². The van der Waals surface area contributed by atoms with Crippen LogP contribution in [0.4, 0.5) is 0 Å². The third-order valence-corrected chi connectivity index (χ3v) is 13.9. The molecule has 0 aromatic rings. The summed E-state index contributed by atoms with van der Waals surface area (Å²) in [5.41, 5.74) is 0. The Kier molecular flexibility index (Phi) is 134. The fourth-order valence-corrected chi connectivity index (χ4v) is 7.20. The van der Waals surface area contributed by atoms with E-state index in [1.165, 1.54) is 28.4 Å². The molecule has 2 unspecified atom stereocenters. The molecule has 0 radical (unpaired) electrons. The van der Waals surface area contributed by atoms with Gasteiger partial charge in [-0.2, -0.15) is 57.8 Å². The van der Waals surface area contributed by atoms with E-state index in [1.54, 1.807) is 70.0 Å². The average molecular weight is 1910 g/mol. The molecular formula is C76H152O53. The van der Waals surface area contributed by atoms with E-state index in [4.69, 9.17) is 143 Å². The van der Waals surface area contributed by atoms with Crippen molar-refractivity contribution in [2.24, 2.45) is 0 Å². The highest BCUT2D eigenvalue weighted by molar-refractivity contribution is 5.72. The van der Waals surface area contributed by atoms with E-state index in [0.717, 1.165) is 12.8 Å². The predicted molar refractivity (Wildman–Crippen MR) is 438 cm³/mol. The summed E-state index contributed by atoms with van der Waals surface area (Å²) in [6.45, 7) is 30.8. The smallest absolute Gasteiger partial charge is 0.347 e. The summed E-state index contributed by atoms with van der Waals surface area (Å²) < 4.78 is 98.9. The highest BCUT2D eigenvalue weighted by Crippen LogP contribution is 2.18. The maximum atomic E-state index is 10.7. The summed E-state index contributed by atoms with van der Waals surface area (Å²) in [5, 5.41) is 86.9. The molecule has 0 spiro atoms. The molecule has 0 aliphatic carbocycles. The molecular weight excluding hydrogens is 1760 g/mol. The summed E-state index contributed by atoms with van der Waals surface area (Å²) in [4.78, 5) is 153. The van der Waals surface area contributed by atoms with Crippen LogP contribution in [-0.4, -0.2) is 362 Å². The lowest BCUT2D eigenvalue weighted by atomic mass is 10.2. The van der Waals surface area contributed by atoms with Gasteiger partial charge in [-0.15, -0.1) is 0 Å². The van der Waals surface area contributed by atoms with Crippen LogP contribution in [0.15, 0.2) is 0 Å². The maximum Gasteiger partial charge on any atom is 0.347 e. The van der Waals surface area contributed by atoms with Crippen molar-refractivity contribution in [3.05, 3.63) is 0 Å². The Morgan fingerprint density at radius 2 is 0.519 bits per heavy atom. The van der Waals surface area contributed by atoms with Gasteiger partial charge in [0.2, 0.25) is 0 Å². The Balaban J connectivity index is -0.000000132. The largest absolute Gasteiger partial charge is 0.382 e. The van der Waals surface area contributed by atoms with Crippen LogP contribution in [0.3, 0.4) is 0 Å². The Morgan fingerprint density at radius 1 is 0.248 bits per heavy atom. The van der Waals surface area contributed by atoms with E-state index in [9.17, 15) is 52.7 Å². The SMILES string of the molecule is CCOC(C)(CC(=O)OO)OCC.CCOC(C)CCC(=O)OO.CCOC(CC(=O)OO)OCC.CCOCCCCC(=O)OO.CCOCCOCCC(=O)OO.COC(C)(CC(=O)OO)OC.COC(C)CCC(=O)OO.COC(CC(=O)OO)OC.COCCOCCCC(=O)OO.COCCOCCCCC(=O)OO.COCCOCCOCCC(=O)OO. The van der Waals surface area contributed by atoms with Crippen molar-refractivity contribution in [1.29, 1.82) is 0 Å². The third kappa shape index (κ3) is 132. The molecule has 0 aliphatic rings. The number of rotatable bonds is 66. The van der Waals surface area contributed by atoms with Crippen LogP contribution >= 0.6 is 0 Å². The van der Waals surface area contributed by atoms with E-state index in [1.807, 2.05) is 34.6 Å². The second-order valence-electron chi connectivity index (χ2n) is 24.0. The van der Waals surface area contributed by atoms with Crippen molar-refractivity contribution < 1.29 is 259 Å². The summed E-state index contributed by atoms with van der Waals surface area (Å²) in [6, 6.07) is 0. The summed E-state index contributed by atoms with van der Waals surface area (Å²) in [5.74, 6) is -9.60. The van der Waals surface area contributed by atoms with Crippen molar-refractivity contribution in [2.75, 3.05) is 202 Å². The Hall–Kier alpha value is -7.07. The van der Waals surface area contributed by atoms with Gasteiger partial charge in [-0.05, 0) is 121 Å². The van der Waals surface area contributed by atoms with Gasteiger partial charge < -0.3 is 149 Å². The molecule has 0 aromatic carbocycles. The molecule has 0 amide bonds. The molecule has 0 aliphatic heterocycles. The van der Waals surface area contributed by atoms with Crippen molar-refractivity contribution in [3.8, 4) is 0 Å². The van der Waals surface area contributed by atoms with Crippen LogP contribution in [0.2, 0.25) is 0 Å². The average Bonchev–Trinajstić information content (AvgIpc) is 0.888. The van der Waals surface area contributed by atoms with E-state index in [2.05, 4.69) is 63.2 Å². The third-order valence-electron chi connectivity index (χ3n) is 13.9. The van der Waals surface area contributed by atoms with Gasteiger partial charge in [-0.3, -0.25) is 0 Å². The molecule has 0 fully saturated rings. The number of hydrogen-bond acceptors (Lipinski definition) is 53. The molecule has 53 nitrogen and oxygen atoms in total. The fraction of sp³-hybridized carbons (Fsp3) is 0.855. The number of carbonyl (C=O) groups excluding carboxylic acids is 11. The Labute approximate surface area is 752 Å². The van der Waals surface area contributed by atoms with Gasteiger partial charge >= 0.3 is 65.7 Å². The lowest BCUT2D eigenvalue weighted by molar-refractivity contribution is -0.260. The van der Waals surface area contributed by atoms with Crippen molar-refractivity contribution in [3.63, 3.8) is 0 Å². The first-order valence-electron chi connectivity index (χ1n) is 40.2. The minimum Gasteiger partial charge on any atom is -0.382 e. The van der Waals surface area contributed by atoms with E-state index >= 15 is 0 Å². The van der Waals surface area contributed by atoms with Crippen LogP contribution in [0.1, 0.15) is 192 Å². The molecule has 0 bridgehead atoms. The van der Waals surface area contributed by atoms with E-state index < -0.39 is 89.8 Å². The number of unbranched alkanes of at least 4 members (excludes halogenated alkanes) is 2. The molecule has 0 heterocycles. The zero-order valence-corrected chi connectivity index (χ0v) is 78.2. The molecule has 0 saturated carbocycles. The molecule has 53 heteroatoms. The number of methoxy groups -OCH3 is 8. The summed E-state index contributed by atoms with van der Waals surface area (Å²) in [7, 11) is 11.9. The summed E-state index contributed by atoms with van der Waals surface area (Å²) in [6.07, 6.45) is 4.04. The minimum atomic E-state index is -1.03. The van der Waals surface area contributed by atoms with Crippen molar-refractivity contribution >= 4 is 65.7 Å². The first-order chi connectivity index (χ1) is 61.6. The highest BCUT2D eigenvalue weighted by atomic mass is 17.2. The van der Waals surface area contributed by atoms with Gasteiger partial charge in [0.05, 0.1) is 136 Å². The van der Waals surface area contributed by atoms with Crippen LogP contribution in [0, 0.1) is 0 Å². The standard InChI is InChI=1S/C8H16O6.2C8H16O5.3C7H14O5.2C7H14O4.C6H12O5.C6H12O4.C5H10O5/c1-11-4-5-13-7-6-12-3-2-8(9)14-10;1-4-11-8(3,12-5-2)6-7(9)13-10;1-11-6-7-12-5-3-2-4-8(9)13-10;1-10-5-6-11-4-2-3-7(8)12-9;1-3-10-7(11-4-2)5-6(8)12-9;1-2-10-5-6-11-4-3-7(8)12-9;1-3-10-6(2)4-5-7(8)11-9;1-2-10-6-4-3-5-7(8)11-9;1-6(9-2,10-3)4-5(7)11-8;1-5(9-2)3-4-6(7)10-8;1-8-5(9-2)3-4(6)10-7/h10H,2-7H2,1H3;10H,4-6H2,1-3H3;10H,2-7H2,1H3;9H,2-6H2,1H3;7,9H,3-5H2,1-2H3;9H,2-6H2,1H3;6,9H,3-5H2,1-2H3;9H,2-6H2,1H3;8H,4H2,1-3H3;5,8H,3-4H2,1-2H3;5,7H,3H2,1-2H3. The molecule has 129 heavy (non-hydrogen) atoms. The maximum absolute atomic E-state index is 10.7. The topological polar surface area (TPSA) is 696 Å². The van der Waals surface area contributed by atoms with Gasteiger partial charge in [-0.1, -0.05) is 0 Å². The van der Waals surface area contributed by atoms with Crippen LogP contribution in [-0.2, 0) is 201 Å². The molecule has 0 aromatic heterocycles. The second kappa shape index (κ2) is 119. The van der Waals surface area contributed by atoms with Gasteiger partial charge in [0.15, 0.2) is 24.2 Å². The van der Waals surface area contributed by atoms with Gasteiger partial charge in [0.1, 0.15) is 12.8 Å². The Morgan fingerprint density at radius 3 is 0.829 bits per heavy atom. The van der Waals surface area contributed by atoms with Crippen LogP contribution in [0.5, 0.6) is 0 Å². The fourth-order valence-electron chi connectivity index (χ4n) is 7.20. The zero-order chi connectivity index (χ0) is 101. The van der Waals surface area contributed by atoms with Gasteiger partial charge in [0.25, 0.3) is 0 Å². The van der Waals surface area contributed by atoms with Gasteiger partial charge in [0, 0.05) is 136 Å². The quantitative estimate of drug-likeness (QED) is 0.00927. The first kappa shape index (κ1) is 145. The summed E-state index contributed by atoms with van der Waals surface area (Å²) >= 11 is 0. The monoisotopic (exact) mass is 1910 g/mol. The van der Waals surface area contributed by atoms with E-state index in [0.29, 0.717) is 164 Å². The number of carbonyl (C=O) groups is 11. The predicted octanol–water partition coefficient (Wildman–Crippen LogP) is 7.42. The first-order valence-corrected chi connectivity index (χ1v) is 40.2. The second-order valence-corrected chi connectivity index (χ2v) is 24.0. The number of hydrogen-bond donors (Lipinski definition) is 11. The highest BCUT2D eigenvalue weighted by Gasteiger charge is 2.30. The molecule has 0 saturated heterocycles. The lowest BCUT2D eigenvalue weighted by Crippen LogP contribution is -2.35. The van der Waals surface area contributed by atoms with Crippen LogP contribution < -0.4 is 0 Å². The minimum absolute atomic E-state index is 0.0269. The van der Waals surface area contributed by atoms with E-state index in [-0.39, 0.29) is 96.1 Å². The molecule has 11 N–H and O–H groups in total. The zero-order valence-electron chi connectivity index (χ0n) is 78.2. The Bertz CT molecular complexity index is 2390. The molecule has 2 atom stereocenters.